The van der Waals surface area contributed by atoms with Crippen LogP contribution in [-0.4, -0.2) is 42.4 Å². The molecular formula is C25H31F4N5OS. The van der Waals surface area contributed by atoms with Crippen LogP contribution in [-0.2, 0) is 4.79 Å². The quantitative estimate of drug-likeness (QED) is 0.276. The van der Waals surface area contributed by atoms with Crippen LogP contribution in [0.1, 0.15) is 45.4 Å². The molecule has 2 aliphatic heterocycles. The molecule has 2 aliphatic carbocycles. The van der Waals surface area contributed by atoms with Crippen LogP contribution in [0.15, 0.2) is 46.1 Å². The lowest BCUT2D eigenvalue weighted by molar-refractivity contribution is -0.157. The SMILES string of the molecule is CC1=CCC(NC(=O)C2=C(C3CCC(F)CC3)NC(C(F)(F)F)N2)CC1Nc1ccc2c(c1)NCS2. The summed E-state index contributed by atoms with van der Waals surface area (Å²) in [4.78, 5) is 14.4. The summed E-state index contributed by atoms with van der Waals surface area (Å²) in [6.07, 6.45) is -2.84. The average Bonchev–Trinajstić information content (AvgIpc) is 3.49. The van der Waals surface area contributed by atoms with Crippen molar-refractivity contribution in [2.24, 2.45) is 5.92 Å². The first-order chi connectivity index (χ1) is 17.2. The second-order valence-corrected chi connectivity index (χ2v) is 11.0. The molecule has 0 saturated heterocycles. The van der Waals surface area contributed by atoms with E-state index < -0.39 is 24.4 Å². The maximum absolute atomic E-state index is 13.6. The molecule has 196 valence electrons. The van der Waals surface area contributed by atoms with Gasteiger partial charge in [-0.2, -0.15) is 13.2 Å². The first kappa shape index (κ1) is 25.1. The molecule has 1 aromatic rings. The number of carbonyl (C=O) groups excluding carboxylic acids is 1. The molecule has 4 aliphatic rings. The molecule has 1 amide bonds. The number of thioether (sulfide) groups is 1. The lowest BCUT2D eigenvalue weighted by Crippen LogP contribution is -2.48. The third-order valence-electron chi connectivity index (χ3n) is 7.42. The predicted molar refractivity (Wildman–Crippen MR) is 133 cm³/mol. The van der Waals surface area contributed by atoms with Crippen molar-refractivity contribution in [1.29, 1.82) is 0 Å². The van der Waals surface area contributed by atoms with E-state index >= 15 is 0 Å². The Morgan fingerprint density at radius 1 is 1.14 bits per heavy atom. The molecule has 1 saturated carbocycles. The third-order valence-corrected chi connectivity index (χ3v) is 8.37. The molecular weight excluding hydrogens is 494 g/mol. The number of alkyl halides is 4. The summed E-state index contributed by atoms with van der Waals surface area (Å²) in [6.45, 7) is 2.04. The van der Waals surface area contributed by atoms with Gasteiger partial charge in [-0.25, -0.2) is 4.39 Å². The summed E-state index contributed by atoms with van der Waals surface area (Å²) in [6, 6.07) is 5.93. The minimum absolute atomic E-state index is 0.0120. The van der Waals surface area contributed by atoms with Gasteiger partial charge >= 0.3 is 6.18 Å². The number of halogens is 4. The summed E-state index contributed by atoms with van der Waals surface area (Å²) in [5, 5.41) is 14.7. The first-order valence-corrected chi connectivity index (χ1v) is 13.4. The van der Waals surface area contributed by atoms with Gasteiger partial charge in [-0.1, -0.05) is 11.6 Å². The van der Waals surface area contributed by atoms with Gasteiger partial charge in [-0.05, 0) is 63.6 Å². The van der Waals surface area contributed by atoms with Gasteiger partial charge in [0.1, 0.15) is 11.9 Å². The van der Waals surface area contributed by atoms with Crippen LogP contribution in [0.25, 0.3) is 0 Å². The lowest BCUT2D eigenvalue weighted by Gasteiger charge is -2.31. The highest BCUT2D eigenvalue weighted by Gasteiger charge is 2.47. The summed E-state index contributed by atoms with van der Waals surface area (Å²) >= 11 is 1.75. The van der Waals surface area contributed by atoms with E-state index in [1.807, 2.05) is 13.0 Å². The van der Waals surface area contributed by atoms with Crippen LogP contribution in [0, 0.1) is 5.92 Å². The zero-order valence-electron chi connectivity index (χ0n) is 20.0. The molecule has 6 nitrogen and oxygen atoms in total. The maximum Gasteiger partial charge on any atom is 0.427 e. The normalized spacial score (nSPS) is 30.0. The highest BCUT2D eigenvalue weighted by atomic mass is 32.2. The molecule has 0 radical (unpaired) electrons. The topological polar surface area (TPSA) is 77.2 Å². The van der Waals surface area contributed by atoms with Gasteiger partial charge < -0.3 is 26.6 Å². The van der Waals surface area contributed by atoms with E-state index in [-0.39, 0.29) is 29.4 Å². The van der Waals surface area contributed by atoms with E-state index in [2.05, 4.69) is 44.8 Å². The van der Waals surface area contributed by atoms with Gasteiger partial charge in [0.05, 0.1) is 11.6 Å². The van der Waals surface area contributed by atoms with E-state index in [0.29, 0.717) is 38.5 Å². The molecule has 5 rings (SSSR count). The Hall–Kier alpha value is -2.56. The second kappa shape index (κ2) is 10.1. The van der Waals surface area contributed by atoms with Gasteiger partial charge in [-0.15, -0.1) is 11.8 Å². The number of anilines is 2. The monoisotopic (exact) mass is 525 g/mol. The molecule has 3 unspecified atom stereocenters. The second-order valence-electron chi connectivity index (χ2n) is 9.96. The van der Waals surface area contributed by atoms with Gasteiger partial charge in [0.2, 0.25) is 0 Å². The van der Waals surface area contributed by atoms with Crippen LogP contribution in [0.2, 0.25) is 0 Å². The van der Waals surface area contributed by atoms with E-state index in [1.54, 1.807) is 11.8 Å². The third kappa shape index (κ3) is 5.40. The minimum atomic E-state index is -4.56. The maximum atomic E-state index is 13.6. The van der Waals surface area contributed by atoms with E-state index in [9.17, 15) is 22.4 Å². The van der Waals surface area contributed by atoms with Crippen molar-refractivity contribution < 1.29 is 22.4 Å². The summed E-state index contributed by atoms with van der Waals surface area (Å²) < 4.78 is 54.1. The van der Waals surface area contributed by atoms with Crippen LogP contribution in [0.3, 0.4) is 0 Å². The Kier molecular flexibility index (Phi) is 7.02. The molecule has 1 aromatic carbocycles. The number of allylic oxidation sites excluding steroid dienone is 1. The Morgan fingerprint density at radius 2 is 1.92 bits per heavy atom. The van der Waals surface area contributed by atoms with Crippen molar-refractivity contribution in [2.75, 3.05) is 16.5 Å². The van der Waals surface area contributed by atoms with Crippen molar-refractivity contribution >= 4 is 29.0 Å². The van der Waals surface area contributed by atoms with Crippen molar-refractivity contribution in [3.05, 3.63) is 41.2 Å². The number of benzene rings is 1. The van der Waals surface area contributed by atoms with Crippen LogP contribution < -0.4 is 26.6 Å². The molecule has 2 heterocycles. The first-order valence-electron chi connectivity index (χ1n) is 12.4. The number of amides is 1. The molecule has 3 atom stereocenters. The van der Waals surface area contributed by atoms with Crippen molar-refractivity contribution in [1.82, 2.24) is 16.0 Å². The number of fused-ring (bicyclic) bond motifs is 1. The lowest BCUT2D eigenvalue weighted by atomic mass is 9.85. The fourth-order valence-electron chi connectivity index (χ4n) is 5.36. The van der Waals surface area contributed by atoms with E-state index in [0.717, 1.165) is 22.8 Å². The Bertz CT molecular complexity index is 1070. The highest BCUT2D eigenvalue weighted by molar-refractivity contribution is 7.99. The Labute approximate surface area is 212 Å². The Balaban J connectivity index is 1.27. The summed E-state index contributed by atoms with van der Waals surface area (Å²) in [5.41, 5.74) is 3.40. The fourth-order valence-corrected chi connectivity index (χ4v) is 6.20. The molecule has 1 fully saturated rings. The average molecular weight is 526 g/mol. The number of carbonyl (C=O) groups is 1. The van der Waals surface area contributed by atoms with Crippen molar-refractivity contribution in [3.8, 4) is 0 Å². The molecule has 0 bridgehead atoms. The van der Waals surface area contributed by atoms with Gasteiger partial charge in [0.25, 0.3) is 5.91 Å². The Morgan fingerprint density at radius 3 is 2.67 bits per heavy atom. The van der Waals surface area contributed by atoms with E-state index in [1.165, 1.54) is 4.90 Å². The van der Waals surface area contributed by atoms with E-state index in [4.69, 9.17) is 0 Å². The number of rotatable bonds is 5. The zero-order valence-corrected chi connectivity index (χ0v) is 20.8. The summed E-state index contributed by atoms with van der Waals surface area (Å²) in [7, 11) is 0. The number of hydrogen-bond donors (Lipinski definition) is 5. The zero-order chi connectivity index (χ0) is 25.4. The number of nitrogens with one attached hydrogen (secondary N) is 5. The standard InChI is InChI=1S/C25H31F4N5OS/c1-13-2-7-17(10-18(13)31-16-8-9-20-19(11-16)30-12-36-20)32-23(35)22-21(14-3-5-15(26)6-4-14)33-24(34-22)25(27,28)29/h2,8-9,11,14-15,17-18,24,30-31,33-34H,3-7,10,12H2,1H3,(H,32,35). The van der Waals surface area contributed by atoms with Crippen molar-refractivity contribution in [2.45, 2.75) is 80.9 Å². The van der Waals surface area contributed by atoms with Crippen LogP contribution in [0.5, 0.6) is 0 Å². The van der Waals surface area contributed by atoms with Crippen LogP contribution >= 0.6 is 11.8 Å². The fraction of sp³-hybridized carbons (Fsp3) is 0.560. The van der Waals surface area contributed by atoms with Crippen LogP contribution in [0.4, 0.5) is 28.9 Å². The molecule has 36 heavy (non-hydrogen) atoms. The molecule has 5 N–H and O–H groups in total. The molecule has 0 aromatic heterocycles. The van der Waals surface area contributed by atoms with Crippen molar-refractivity contribution in [3.63, 3.8) is 0 Å². The molecule has 0 spiro atoms. The predicted octanol–water partition coefficient (Wildman–Crippen LogP) is 4.99. The van der Waals surface area contributed by atoms with Gasteiger partial charge in [-0.3, -0.25) is 4.79 Å². The van der Waals surface area contributed by atoms with Gasteiger partial charge in [0.15, 0.2) is 6.17 Å². The minimum Gasteiger partial charge on any atom is -0.378 e. The smallest absolute Gasteiger partial charge is 0.378 e. The highest BCUT2D eigenvalue weighted by Crippen LogP contribution is 2.37. The van der Waals surface area contributed by atoms with Gasteiger partial charge in [0, 0.05) is 34.3 Å². The largest absolute Gasteiger partial charge is 0.427 e. The number of hydrogen-bond acceptors (Lipinski definition) is 6. The summed E-state index contributed by atoms with van der Waals surface area (Å²) in [5.74, 6) is -0.00500. The molecule has 11 heteroatoms.